The van der Waals surface area contributed by atoms with Gasteiger partial charge in [-0.05, 0) is 12.0 Å². The number of amides is 1. The number of rotatable bonds is 5. The molecule has 5 rings (SSSR count). The molecule has 0 bridgehead atoms. The monoisotopic (exact) mass is 437 g/mol. The van der Waals surface area contributed by atoms with E-state index >= 15 is 0 Å². The lowest BCUT2D eigenvalue weighted by atomic mass is 10.0. The maximum atomic E-state index is 12.3. The van der Waals surface area contributed by atoms with Crippen LogP contribution in [-0.2, 0) is 16.1 Å². The maximum absolute atomic E-state index is 12.3. The van der Waals surface area contributed by atoms with Crippen molar-refractivity contribution in [3.05, 3.63) is 41.5 Å². The molecule has 162 valence electrons. The maximum Gasteiger partial charge on any atom is 0.224 e. The molecule has 0 spiro atoms. The zero-order chi connectivity index (χ0) is 21.2. The van der Waals surface area contributed by atoms with Crippen molar-refractivity contribution in [2.75, 3.05) is 45.2 Å². The normalized spacial score (nSPS) is 20.4. The second kappa shape index (κ2) is 8.90. The molecule has 2 aromatic heterocycles. The number of fused-ring (bicyclic) bond motifs is 1. The van der Waals surface area contributed by atoms with E-state index in [2.05, 4.69) is 39.9 Å². The predicted octanol–water partition coefficient (Wildman–Crippen LogP) is 3.22. The average Bonchev–Trinajstić information content (AvgIpc) is 3.22. The highest BCUT2D eigenvalue weighted by atomic mass is 32.1. The number of anilines is 1. The molecule has 4 heterocycles. The van der Waals surface area contributed by atoms with Gasteiger partial charge in [-0.25, -0.2) is 9.97 Å². The van der Waals surface area contributed by atoms with E-state index < -0.39 is 0 Å². The van der Waals surface area contributed by atoms with Gasteiger partial charge in [0.2, 0.25) is 5.91 Å². The fraction of sp³-hybridized carbons (Fsp3) is 0.435. The predicted molar refractivity (Wildman–Crippen MR) is 123 cm³/mol. The number of carbonyl (C=O) groups excluding carboxylic acids is 1. The van der Waals surface area contributed by atoms with Crippen LogP contribution < -0.4 is 5.32 Å². The Balaban J connectivity index is 1.51. The first-order valence-corrected chi connectivity index (χ1v) is 11.7. The second-order valence-electron chi connectivity index (χ2n) is 8.22. The van der Waals surface area contributed by atoms with E-state index in [-0.39, 0.29) is 11.9 Å². The van der Waals surface area contributed by atoms with Crippen molar-refractivity contribution in [3.63, 3.8) is 0 Å². The minimum Gasteiger partial charge on any atom is -0.379 e. The molecule has 2 saturated heterocycles. The van der Waals surface area contributed by atoms with Crippen molar-refractivity contribution in [2.24, 2.45) is 0 Å². The van der Waals surface area contributed by atoms with Crippen LogP contribution in [0.15, 0.2) is 35.7 Å². The van der Waals surface area contributed by atoms with Crippen molar-refractivity contribution in [1.82, 2.24) is 19.8 Å². The molecule has 1 atom stereocenters. The first-order valence-electron chi connectivity index (χ1n) is 10.8. The van der Waals surface area contributed by atoms with Gasteiger partial charge in [0.1, 0.15) is 16.5 Å². The van der Waals surface area contributed by atoms with Crippen molar-refractivity contribution in [3.8, 4) is 11.1 Å². The van der Waals surface area contributed by atoms with Crippen LogP contribution in [0.3, 0.4) is 0 Å². The SMILES string of the molecule is CN1CCC(Nc2nc(CN3CCOCC3)nc3scc(-c4ccccc4)c23)CC1=O. The molecule has 0 radical (unpaired) electrons. The van der Waals surface area contributed by atoms with E-state index in [9.17, 15) is 4.79 Å². The van der Waals surface area contributed by atoms with Crippen LogP contribution in [0.5, 0.6) is 0 Å². The number of thiophene rings is 1. The van der Waals surface area contributed by atoms with Gasteiger partial charge in [0.25, 0.3) is 0 Å². The number of morpholine rings is 1. The molecule has 7 nitrogen and oxygen atoms in total. The molecular formula is C23H27N5O2S. The van der Waals surface area contributed by atoms with Crippen molar-refractivity contribution >= 4 is 33.3 Å². The number of piperidine rings is 1. The summed E-state index contributed by atoms with van der Waals surface area (Å²) in [6.07, 6.45) is 1.41. The Hall–Kier alpha value is -2.55. The van der Waals surface area contributed by atoms with Gasteiger partial charge in [0.05, 0.1) is 25.1 Å². The summed E-state index contributed by atoms with van der Waals surface area (Å²) in [5.74, 6) is 1.84. The van der Waals surface area contributed by atoms with Crippen molar-refractivity contribution in [1.29, 1.82) is 0 Å². The van der Waals surface area contributed by atoms with Gasteiger partial charge in [-0.15, -0.1) is 11.3 Å². The molecule has 31 heavy (non-hydrogen) atoms. The van der Waals surface area contributed by atoms with Crippen LogP contribution in [0.1, 0.15) is 18.7 Å². The van der Waals surface area contributed by atoms with Crippen LogP contribution in [-0.4, -0.2) is 71.6 Å². The summed E-state index contributed by atoms with van der Waals surface area (Å²) in [6.45, 7) is 4.77. The summed E-state index contributed by atoms with van der Waals surface area (Å²) in [6, 6.07) is 10.4. The van der Waals surface area contributed by atoms with Gasteiger partial charge in [-0.2, -0.15) is 0 Å². The fourth-order valence-corrected chi connectivity index (χ4v) is 5.18. The standard InChI is InChI=1S/C23H27N5O2S/c1-27-8-7-17(13-20(27)29)24-22-21-18(16-5-3-2-4-6-16)15-31-23(21)26-19(25-22)14-28-9-11-30-12-10-28/h2-6,15,17H,7-14H2,1H3,(H,24,25,26). The van der Waals surface area contributed by atoms with Gasteiger partial charge < -0.3 is 15.0 Å². The number of likely N-dealkylation sites (tertiary alicyclic amines) is 1. The largest absolute Gasteiger partial charge is 0.379 e. The number of carbonyl (C=O) groups is 1. The summed E-state index contributed by atoms with van der Waals surface area (Å²) in [5, 5.41) is 6.83. The molecular weight excluding hydrogens is 410 g/mol. The first kappa shape index (κ1) is 20.4. The number of aromatic nitrogens is 2. The molecule has 2 fully saturated rings. The summed E-state index contributed by atoms with van der Waals surface area (Å²) >= 11 is 1.65. The quantitative estimate of drug-likeness (QED) is 0.661. The third kappa shape index (κ3) is 4.42. The fourth-order valence-electron chi connectivity index (χ4n) is 4.21. The van der Waals surface area contributed by atoms with Crippen LogP contribution in [0.4, 0.5) is 5.82 Å². The summed E-state index contributed by atoms with van der Waals surface area (Å²) in [7, 11) is 1.87. The summed E-state index contributed by atoms with van der Waals surface area (Å²) < 4.78 is 5.47. The summed E-state index contributed by atoms with van der Waals surface area (Å²) in [5.41, 5.74) is 2.29. The molecule has 2 aliphatic heterocycles. The van der Waals surface area contributed by atoms with E-state index in [0.29, 0.717) is 13.0 Å². The lowest BCUT2D eigenvalue weighted by Gasteiger charge is -2.30. The number of nitrogens with zero attached hydrogens (tertiary/aromatic N) is 4. The Labute approximate surface area is 186 Å². The minimum atomic E-state index is 0.0848. The Kier molecular flexibility index (Phi) is 5.85. The molecule has 1 N–H and O–H groups in total. The lowest BCUT2D eigenvalue weighted by molar-refractivity contribution is -0.132. The zero-order valence-corrected chi connectivity index (χ0v) is 18.5. The van der Waals surface area contributed by atoms with Gasteiger partial charge >= 0.3 is 0 Å². The molecule has 0 saturated carbocycles. The molecule has 8 heteroatoms. The number of benzene rings is 1. The van der Waals surface area contributed by atoms with Gasteiger partial charge in [0, 0.05) is 50.1 Å². The molecule has 0 aliphatic carbocycles. The Morgan fingerprint density at radius 1 is 1.16 bits per heavy atom. The zero-order valence-electron chi connectivity index (χ0n) is 17.7. The minimum absolute atomic E-state index is 0.0848. The van der Waals surface area contributed by atoms with Crippen molar-refractivity contribution in [2.45, 2.75) is 25.4 Å². The average molecular weight is 438 g/mol. The van der Waals surface area contributed by atoms with E-state index in [1.165, 1.54) is 0 Å². The smallest absolute Gasteiger partial charge is 0.224 e. The van der Waals surface area contributed by atoms with Gasteiger partial charge in [-0.1, -0.05) is 30.3 Å². The first-order chi connectivity index (χ1) is 15.2. The highest BCUT2D eigenvalue weighted by molar-refractivity contribution is 7.17. The molecule has 3 aromatic rings. The van der Waals surface area contributed by atoms with Gasteiger partial charge in [-0.3, -0.25) is 9.69 Å². The van der Waals surface area contributed by atoms with E-state index in [1.54, 1.807) is 16.2 Å². The second-order valence-corrected chi connectivity index (χ2v) is 9.08. The van der Waals surface area contributed by atoms with Crippen LogP contribution >= 0.6 is 11.3 Å². The number of hydrogen-bond acceptors (Lipinski definition) is 7. The van der Waals surface area contributed by atoms with Crippen LogP contribution in [0.25, 0.3) is 21.3 Å². The van der Waals surface area contributed by atoms with E-state index in [4.69, 9.17) is 14.7 Å². The summed E-state index contributed by atoms with van der Waals surface area (Å²) in [4.78, 5) is 27.3. The van der Waals surface area contributed by atoms with Crippen LogP contribution in [0.2, 0.25) is 0 Å². The third-order valence-electron chi connectivity index (χ3n) is 6.03. The highest BCUT2D eigenvalue weighted by Gasteiger charge is 2.25. The Bertz CT molecular complexity index is 1060. The highest BCUT2D eigenvalue weighted by Crippen LogP contribution is 2.37. The number of ether oxygens (including phenoxy) is 1. The topological polar surface area (TPSA) is 70.6 Å². The van der Waals surface area contributed by atoms with Gasteiger partial charge in [0.15, 0.2) is 0 Å². The third-order valence-corrected chi connectivity index (χ3v) is 6.91. The molecule has 1 amide bonds. The molecule has 1 aromatic carbocycles. The Morgan fingerprint density at radius 3 is 2.74 bits per heavy atom. The van der Waals surface area contributed by atoms with E-state index in [0.717, 1.165) is 72.3 Å². The Morgan fingerprint density at radius 2 is 1.97 bits per heavy atom. The molecule has 1 unspecified atom stereocenters. The van der Waals surface area contributed by atoms with Crippen LogP contribution in [0, 0.1) is 0 Å². The number of nitrogens with one attached hydrogen (secondary N) is 1. The number of hydrogen-bond donors (Lipinski definition) is 1. The lowest BCUT2D eigenvalue weighted by Crippen LogP contribution is -2.41. The van der Waals surface area contributed by atoms with E-state index in [1.807, 2.05) is 13.1 Å². The van der Waals surface area contributed by atoms with Crippen molar-refractivity contribution < 1.29 is 9.53 Å². The molecule has 2 aliphatic rings.